The molecule has 1 aliphatic heterocycles. The summed E-state index contributed by atoms with van der Waals surface area (Å²) in [5.41, 5.74) is 2.61. The Kier molecular flexibility index (Phi) is 4.21. The number of nitrogens with one attached hydrogen (secondary N) is 1. The van der Waals surface area contributed by atoms with Crippen LogP contribution in [0.3, 0.4) is 0 Å². The predicted molar refractivity (Wildman–Crippen MR) is 112 cm³/mol. The first kappa shape index (κ1) is 17.4. The van der Waals surface area contributed by atoms with Crippen LogP contribution in [-0.2, 0) is 7.05 Å². The van der Waals surface area contributed by atoms with Crippen LogP contribution in [0.25, 0.3) is 10.9 Å². The van der Waals surface area contributed by atoms with E-state index in [0.717, 1.165) is 47.4 Å². The van der Waals surface area contributed by atoms with Crippen LogP contribution < -0.4 is 9.64 Å². The molecule has 1 fully saturated rings. The summed E-state index contributed by atoms with van der Waals surface area (Å²) in [6.45, 7) is 0.988. The number of hydrogen-bond donors (Lipinski definition) is 1. The molecule has 6 nitrogen and oxygen atoms in total. The molecule has 1 atom stereocenters. The molecule has 2 aromatic heterocycles. The van der Waals surface area contributed by atoms with Crippen molar-refractivity contribution in [1.82, 2.24) is 14.5 Å². The minimum absolute atomic E-state index is 0.238. The third-order valence-electron chi connectivity index (χ3n) is 5.62. The van der Waals surface area contributed by atoms with Gasteiger partial charge in [-0.1, -0.05) is 18.2 Å². The van der Waals surface area contributed by atoms with Crippen molar-refractivity contribution in [3.05, 3.63) is 72.3 Å². The zero-order valence-corrected chi connectivity index (χ0v) is 16.2. The first-order chi connectivity index (χ1) is 14.2. The fourth-order valence-corrected chi connectivity index (χ4v) is 4.20. The lowest BCUT2D eigenvalue weighted by Gasteiger charge is -2.27. The van der Waals surface area contributed by atoms with Crippen LogP contribution in [0.5, 0.6) is 11.5 Å². The second kappa shape index (κ2) is 7.02. The smallest absolute Gasteiger partial charge is 0.151 e. The van der Waals surface area contributed by atoms with E-state index in [0.29, 0.717) is 11.3 Å². The van der Waals surface area contributed by atoms with Gasteiger partial charge in [-0.05, 0) is 42.7 Å². The van der Waals surface area contributed by atoms with Gasteiger partial charge in [-0.3, -0.25) is 0 Å². The van der Waals surface area contributed by atoms with E-state index in [1.165, 1.54) is 0 Å². The van der Waals surface area contributed by atoms with Gasteiger partial charge in [0.1, 0.15) is 17.6 Å². The highest BCUT2D eigenvalue weighted by molar-refractivity contribution is 5.85. The Hall–Kier alpha value is -3.72. The lowest BCUT2D eigenvalue weighted by Crippen LogP contribution is -2.24. The van der Waals surface area contributed by atoms with Gasteiger partial charge in [-0.15, -0.1) is 0 Å². The van der Waals surface area contributed by atoms with Gasteiger partial charge in [0.15, 0.2) is 5.75 Å². The van der Waals surface area contributed by atoms with Crippen molar-refractivity contribution in [3.8, 4) is 17.6 Å². The number of hydrogen-bond acceptors (Lipinski definition) is 4. The number of benzene rings is 2. The van der Waals surface area contributed by atoms with E-state index in [-0.39, 0.29) is 6.04 Å². The fraction of sp³-hybridized carbons (Fsp3) is 0.217. The van der Waals surface area contributed by atoms with Gasteiger partial charge in [-0.25, -0.2) is 4.98 Å². The molecule has 1 N–H and O–H groups in total. The van der Waals surface area contributed by atoms with E-state index in [4.69, 9.17) is 4.74 Å². The van der Waals surface area contributed by atoms with Crippen molar-refractivity contribution >= 4 is 16.7 Å². The zero-order chi connectivity index (χ0) is 19.8. The SMILES string of the molecule is Cn1cncc1N1CCCC1c1ccc(C#N)c(Oc2cccc3cc[nH]c23)c1. The monoisotopic (exact) mass is 383 g/mol. The molecular formula is C23H21N5O. The highest BCUT2D eigenvalue weighted by Crippen LogP contribution is 2.39. The second-order valence-electron chi connectivity index (χ2n) is 7.38. The lowest BCUT2D eigenvalue weighted by atomic mass is 10.0. The molecule has 6 heteroatoms. The summed E-state index contributed by atoms with van der Waals surface area (Å²) in [5, 5.41) is 10.7. The lowest BCUT2D eigenvalue weighted by molar-refractivity contribution is 0.484. The summed E-state index contributed by atoms with van der Waals surface area (Å²) in [7, 11) is 2.02. The van der Waals surface area contributed by atoms with E-state index in [2.05, 4.69) is 20.9 Å². The Labute approximate surface area is 169 Å². The fourth-order valence-electron chi connectivity index (χ4n) is 4.20. The molecule has 1 saturated heterocycles. The predicted octanol–water partition coefficient (Wildman–Crippen LogP) is 4.91. The normalized spacial score (nSPS) is 16.3. The van der Waals surface area contributed by atoms with Crippen LogP contribution in [0.4, 0.5) is 5.82 Å². The number of aromatic nitrogens is 3. The summed E-state index contributed by atoms with van der Waals surface area (Å²) in [4.78, 5) is 9.87. The number of rotatable bonds is 4. The molecule has 0 aliphatic carbocycles. The Morgan fingerprint density at radius 2 is 2.14 bits per heavy atom. The highest BCUT2D eigenvalue weighted by Gasteiger charge is 2.28. The number of nitrogens with zero attached hydrogens (tertiary/aromatic N) is 4. The number of para-hydroxylation sites is 1. The number of nitriles is 1. The number of aromatic amines is 1. The Morgan fingerprint density at radius 3 is 2.97 bits per heavy atom. The Balaban J connectivity index is 1.52. The minimum atomic E-state index is 0.238. The molecule has 0 radical (unpaired) electrons. The molecule has 0 saturated carbocycles. The zero-order valence-electron chi connectivity index (χ0n) is 16.2. The van der Waals surface area contributed by atoms with Crippen molar-refractivity contribution < 1.29 is 4.74 Å². The molecule has 1 unspecified atom stereocenters. The Bertz CT molecular complexity index is 1220. The van der Waals surface area contributed by atoms with E-state index < -0.39 is 0 Å². The van der Waals surface area contributed by atoms with Crippen molar-refractivity contribution in [3.63, 3.8) is 0 Å². The standard InChI is InChI=1S/C23H21N5O/c1-27-15-25-14-22(27)28-11-3-5-19(28)17-7-8-18(13-24)21(12-17)29-20-6-2-4-16-9-10-26-23(16)20/h2,4,6-10,12,14-15,19,26H,3,5,11H2,1H3. The van der Waals surface area contributed by atoms with Gasteiger partial charge in [0.25, 0.3) is 0 Å². The van der Waals surface area contributed by atoms with Crippen LogP contribution >= 0.6 is 0 Å². The van der Waals surface area contributed by atoms with E-state index in [1.807, 2.05) is 72.8 Å². The van der Waals surface area contributed by atoms with Gasteiger partial charge in [0.2, 0.25) is 0 Å². The van der Waals surface area contributed by atoms with Gasteiger partial charge < -0.3 is 19.2 Å². The highest BCUT2D eigenvalue weighted by atomic mass is 16.5. The van der Waals surface area contributed by atoms with Crippen LogP contribution in [-0.4, -0.2) is 21.1 Å². The summed E-state index contributed by atoms with van der Waals surface area (Å²) in [6.07, 6.45) is 7.81. The van der Waals surface area contributed by atoms with Crippen molar-refractivity contribution in [1.29, 1.82) is 5.26 Å². The molecule has 4 aromatic rings. The number of anilines is 1. The van der Waals surface area contributed by atoms with E-state index in [1.54, 1.807) is 0 Å². The molecule has 2 aromatic carbocycles. The largest absolute Gasteiger partial charge is 0.454 e. The molecule has 5 rings (SSSR count). The molecule has 3 heterocycles. The summed E-state index contributed by atoms with van der Waals surface area (Å²) >= 11 is 0. The molecule has 0 spiro atoms. The third kappa shape index (κ3) is 3.01. The molecule has 144 valence electrons. The first-order valence-electron chi connectivity index (χ1n) is 9.75. The molecule has 0 bridgehead atoms. The third-order valence-corrected chi connectivity index (χ3v) is 5.62. The van der Waals surface area contributed by atoms with Crippen LogP contribution in [0, 0.1) is 11.3 Å². The summed E-state index contributed by atoms with van der Waals surface area (Å²) in [6, 6.07) is 16.3. The number of ether oxygens (including phenoxy) is 1. The molecule has 29 heavy (non-hydrogen) atoms. The van der Waals surface area contributed by atoms with Crippen molar-refractivity contribution in [2.45, 2.75) is 18.9 Å². The van der Waals surface area contributed by atoms with Gasteiger partial charge in [0, 0.05) is 25.2 Å². The quantitative estimate of drug-likeness (QED) is 0.544. The van der Waals surface area contributed by atoms with Gasteiger partial charge >= 0.3 is 0 Å². The number of fused-ring (bicyclic) bond motifs is 1. The van der Waals surface area contributed by atoms with Crippen LogP contribution in [0.1, 0.15) is 30.0 Å². The van der Waals surface area contributed by atoms with Crippen LogP contribution in [0.2, 0.25) is 0 Å². The maximum atomic E-state index is 9.60. The average Bonchev–Trinajstić information content (AvgIpc) is 3.48. The number of imidazole rings is 1. The van der Waals surface area contributed by atoms with E-state index >= 15 is 0 Å². The topological polar surface area (TPSA) is 69.9 Å². The summed E-state index contributed by atoms with van der Waals surface area (Å²) in [5.74, 6) is 2.41. The minimum Gasteiger partial charge on any atom is -0.454 e. The molecule has 0 amide bonds. The average molecular weight is 383 g/mol. The van der Waals surface area contributed by atoms with Crippen molar-refractivity contribution in [2.75, 3.05) is 11.4 Å². The maximum absolute atomic E-state index is 9.60. The number of aryl methyl sites for hydroxylation is 1. The van der Waals surface area contributed by atoms with E-state index in [9.17, 15) is 5.26 Å². The molecule has 1 aliphatic rings. The maximum Gasteiger partial charge on any atom is 0.151 e. The van der Waals surface area contributed by atoms with Crippen LogP contribution in [0.15, 0.2) is 61.2 Å². The Morgan fingerprint density at radius 1 is 1.21 bits per heavy atom. The van der Waals surface area contributed by atoms with Gasteiger partial charge in [-0.2, -0.15) is 5.26 Å². The first-order valence-corrected chi connectivity index (χ1v) is 9.75. The molecular weight excluding hydrogens is 362 g/mol. The van der Waals surface area contributed by atoms with Gasteiger partial charge in [0.05, 0.1) is 29.6 Å². The number of H-pyrrole nitrogens is 1. The van der Waals surface area contributed by atoms with Crippen molar-refractivity contribution in [2.24, 2.45) is 7.05 Å². The summed E-state index contributed by atoms with van der Waals surface area (Å²) < 4.78 is 8.28. The second-order valence-corrected chi connectivity index (χ2v) is 7.38.